The van der Waals surface area contributed by atoms with Crippen molar-refractivity contribution >= 4 is 17.5 Å². The van der Waals surface area contributed by atoms with Gasteiger partial charge < -0.3 is 14.4 Å². The van der Waals surface area contributed by atoms with E-state index < -0.39 is 0 Å². The van der Waals surface area contributed by atoms with E-state index in [2.05, 4.69) is 0 Å². The average Bonchev–Trinajstić information content (AvgIpc) is 2.63. The molecular weight excluding hydrogens is 338 g/mol. The first-order chi connectivity index (χ1) is 12.1. The first-order valence-corrected chi connectivity index (χ1v) is 8.85. The van der Waals surface area contributed by atoms with Gasteiger partial charge in [-0.1, -0.05) is 29.8 Å². The highest BCUT2D eigenvalue weighted by atomic mass is 35.5. The molecule has 25 heavy (non-hydrogen) atoms. The van der Waals surface area contributed by atoms with Gasteiger partial charge in [0.2, 0.25) is 5.91 Å². The van der Waals surface area contributed by atoms with Crippen molar-refractivity contribution in [2.24, 2.45) is 0 Å². The van der Waals surface area contributed by atoms with Gasteiger partial charge in [0.1, 0.15) is 17.6 Å². The molecular formula is C20H22ClNO3. The fourth-order valence-electron chi connectivity index (χ4n) is 2.99. The molecule has 3 rings (SSSR count). The molecule has 0 aromatic heterocycles. The second-order valence-corrected chi connectivity index (χ2v) is 6.62. The summed E-state index contributed by atoms with van der Waals surface area (Å²) in [7, 11) is 1.63. The van der Waals surface area contributed by atoms with Crippen molar-refractivity contribution in [1.29, 1.82) is 0 Å². The number of carbonyl (C=O) groups is 1. The molecule has 1 fully saturated rings. The largest absolute Gasteiger partial charge is 0.497 e. The number of hydrogen-bond donors (Lipinski definition) is 0. The average molecular weight is 360 g/mol. The molecule has 1 aliphatic heterocycles. The minimum Gasteiger partial charge on any atom is -0.497 e. The Labute approximate surface area is 153 Å². The molecule has 1 aliphatic rings. The van der Waals surface area contributed by atoms with Crippen molar-refractivity contribution in [3.63, 3.8) is 0 Å². The smallest absolute Gasteiger partial charge is 0.226 e. The molecule has 0 N–H and O–H groups in total. The number of benzene rings is 2. The van der Waals surface area contributed by atoms with E-state index in [9.17, 15) is 4.79 Å². The zero-order valence-electron chi connectivity index (χ0n) is 14.3. The maximum absolute atomic E-state index is 12.5. The van der Waals surface area contributed by atoms with Crippen LogP contribution in [0.15, 0.2) is 48.5 Å². The van der Waals surface area contributed by atoms with Gasteiger partial charge in [0, 0.05) is 31.0 Å². The van der Waals surface area contributed by atoms with Crippen LogP contribution in [0.4, 0.5) is 0 Å². The monoisotopic (exact) mass is 359 g/mol. The van der Waals surface area contributed by atoms with Crippen LogP contribution in [0, 0.1) is 0 Å². The van der Waals surface area contributed by atoms with Crippen molar-refractivity contribution in [2.45, 2.75) is 25.4 Å². The lowest BCUT2D eigenvalue weighted by atomic mass is 10.1. The number of likely N-dealkylation sites (tertiary alicyclic amines) is 1. The first kappa shape index (κ1) is 17.6. The first-order valence-electron chi connectivity index (χ1n) is 8.47. The lowest BCUT2D eigenvalue weighted by Crippen LogP contribution is -2.42. The number of amides is 1. The van der Waals surface area contributed by atoms with Crippen molar-refractivity contribution in [2.75, 3.05) is 20.2 Å². The Balaban J connectivity index is 1.48. The van der Waals surface area contributed by atoms with Crippen molar-refractivity contribution in [1.82, 2.24) is 4.90 Å². The number of ether oxygens (including phenoxy) is 2. The van der Waals surface area contributed by atoms with Crippen molar-refractivity contribution in [3.8, 4) is 11.5 Å². The summed E-state index contributed by atoms with van der Waals surface area (Å²) in [4.78, 5) is 14.4. The highest BCUT2D eigenvalue weighted by Gasteiger charge is 2.24. The topological polar surface area (TPSA) is 38.8 Å². The number of piperidine rings is 1. The highest BCUT2D eigenvalue weighted by Crippen LogP contribution is 2.22. The minimum atomic E-state index is 0.128. The predicted molar refractivity (Wildman–Crippen MR) is 98.4 cm³/mol. The highest BCUT2D eigenvalue weighted by molar-refractivity contribution is 6.30. The van der Waals surface area contributed by atoms with Crippen LogP contribution in [0.1, 0.15) is 18.4 Å². The number of nitrogens with zero attached hydrogens (tertiary/aromatic N) is 1. The summed E-state index contributed by atoms with van der Waals surface area (Å²) < 4.78 is 11.1. The molecule has 0 spiro atoms. The zero-order chi connectivity index (χ0) is 17.6. The Kier molecular flexibility index (Phi) is 5.82. The Bertz CT molecular complexity index is 709. The molecule has 2 aromatic carbocycles. The van der Waals surface area contributed by atoms with Crippen LogP contribution >= 0.6 is 11.6 Å². The van der Waals surface area contributed by atoms with Gasteiger partial charge in [-0.25, -0.2) is 0 Å². The summed E-state index contributed by atoms with van der Waals surface area (Å²) in [6, 6.07) is 15.1. The molecule has 2 aromatic rings. The summed E-state index contributed by atoms with van der Waals surface area (Å²) >= 11 is 5.98. The number of carbonyl (C=O) groups excluding carboxylic acids is 1. The molecule has 0 bridgehead atoms. The SMILES string of the molecule is COc1ccc(CC(=O)N2CCC(Oc3cccc(Cl)c3)CC2)cc1. The van der Waals surface area contributed by atoms with Gasteiger partial charge in [-0.3, -0.25) is 4.79 Å². The molecule has 5 heteroatoms. The summed E-state index contributed by atoms with van der Waals surface area (Å²) in [6.45, 7) is 1.44. The number of hydrogen-bond acceptors (Lipinski definition) is 3. The quantitative estimate of drug-likeness (QED) is 0.811. The van der Waals surface area contributed by atoms with Gasteiger partial charge >= 0.3 is 0 Å². The normalized spacial score (nSPS) is 15.0. The summed E-state index contributed by atoms with van der Waals surface area (Å²) in [5.74, 6) is 1.75. The zero-order valence-corrected chi connectivity index (χ0v) is 15.0. The van der Waals surface area contributed by atoms with Crippen LogP contribution in [-0.2, 0) is 11.2 Å². The molecule has 4 nitrogen and oxygen atoms in total. The standard InChI is InChI=1S/C20H22ClNO3/c1-24-17-7-5-15(6-8-17)13-20(23)22-11-9-18(10-12-22)25-19-4-2-3-16(21)14-19/h2-8,14,18H,9-13H2,1H3. The Morgan fingerprint density at radius 2 is 1.84 bits per heavy atom. The Morgan fingerprint density at radius 1 is 1.12 bits per heavy atom. The van der Waals surface area contributed by atoms with Crippen LogP contribution in [-0.4, -0.2) is 37.1 Å². The molecule has 0 unspecified atom stereocenters. The van der Waals surface area contributed by atoms with E-state index in [4.69, 9.17) is 21.1 Å². The van der Waals surface area contributed by atoms with Gasteiger partial charge in [-0.15, -0.1) is 0 Å². The van der Waals surface area contributed by atoms with E-state index in [1.807, 2.05) is 53.4 Å². The van der Waals surface area contributed by atoms with Gasteiger partial charge in [0.05, 0.1) is 13.5 Å². The lowest BCUT2D eigenvalue weighted by Gasteiger charge is -2.32. The fraction of sp³-hybridized carbons (Fsp3) is 0.350. The van der Waals surface area contributed by atoms with Crippen LogP contribution in [0.3, 0.4) is 0 Å². The predicted octanol–water partition coefficient (Wildman–Crippen LogP) is 3.96. The van der Waals surface area contributed by atoms with E-state index in [0.29, 0.717) is 11.4 Å². The van der Waals surface area contributed by atoms with Gasteiger partial charge in [-0.2, -0.15) is 0 Å². The van der Waals surface area contributed by atoms with E-state index in [1.165, 1.54) is 0 Å². The molecule has 1 saturated heterocycles. The summed E-state index contributed by atoms with van der Waals surface area (Å²) in [5.41, 5.74) is 1.00. The van der Waals surface area contributed by atoms with E-state index >= 15 is 0 Å². The molecule has 132 valence electrons. The van der Waals surface area contributed by atoms with E-state index in [0.717, 1.165) is 43.0 Å². The fourth-order valence-corrected chi connectivity index (χ4v) is 3.17. The molecule has 0 radical (unpaired) electrons. The molecule has 1 heterocycles. The number of rotatable bonds is 5. The van der Waals surface area contributed by atoms with Crippen LogP contribution in [0.2, 0.25) is 5.02 Å². The molecule has 0 atom stereocenters. The van der Waals surface area contributed by atoms with Crippen LogP contribution in [0.5, 0.6) is 11.5 Å². The number of halogens is 1. The third-order valence-corrected chi connectivity index (χ3v) is 4.64. The van der Waals surface area contributed by atoms with Crippen molar-refractivity contribution in [3.05, 3.63) is 59.1 Å². The second kappa shape index (κ2) is 8.26. The Morgan fingerprint density at radius 3 is 2.48 bits per heavy atom. The molecule has 1 amide bonds. The van der Waals surface area contributed by atoms with Gasteiger partial charge in [0.25, 0.3) is 0 Å². The minimum absolute atomic E-state index is 0.128. The van der Waals surface area contributed by atoms with E-state index in [-0.39, 0.29) is 12.0 Å². The summed E-state index contributed by atoms with van der Waals surface area (Å²) in [6.07, 6.45) is 2.22. The maximum Gasteiger partial charge on any atom is 0.226 e. The third-order valence-electron chi connectivity index (χ3n) is 4.41. The summed E-state index contributed by atoms with van der Waals surface area (Å²) in [5, 5.41) is 0.671. The Hall–Kier alpha value is -2.20. The number of methoxy groups -OCH3 is 1. The van der Waals surface area contributed by atoms with Crippen LogP contribution in [0.25, 0.3) is 0 Å². The third kappa shape index (κ3) is 4.89. The van der Waals surface area contributed by atoms with E-state index in [1.54, 1.807) is 7.11 Å². The van der Waals surface area contributed by atoms with Crippen LogP contribution < -0.4 is 9.47 Å². The second-order valence-electron chi connectivity index (χ2n) is 6.18. The molecule has 0 saturated carbocycles. The lowest BCUT2D eigenvalue weighted by molar-refractivity contribution is -0.132. The van der Waals surface area contributed by atoms with Gasteiger partial charge in [0.15, 0.2) is 0 Å². The van der Waals surface area contributed by atoms with Crippen molar-refractivity contribution < 1.29 is 14.3 Å². The molecule has 0 aliphatic carbocycles. The van der Waals surface area contributed by atoms with Gasteiger partial charge in [-0.05, 0) is 35.9 Å². The maximum atomic E-state index is 12.5.